The minimum atomic E-state index is -0.627. The van der Waals surface area contributed by atoms with Gasteiger partial charge in [0.25, 0.3) is 0 Å². The van der Waals surface area contributed by atoms with Crippen LogP contribution in [-0.4, -0.2) is 10.1 Å². The van der Waals surface area contributed by atoms with Crippen LogP contribution >= 0.6 is 34.5 Å². The third kappa shape index (κ3) is 2.05. The second kappa shape index (κ2) is 4.82. The Kier molecular flexibility index (Phi) is 3.32. The lowest BCUT2D eigenvalue weighted by Gasteiger charge is -2.17. The van der Waals surface area contributed by atoms with E-state index < -0.39 is 6.10 Å². The van der Waals surface area contributed by atoms with Gasteiger partial charge >= 0.3 is 0 Å². The number of rotatable bonds is 2. The van der Waals surface area contributed by atoms with Gasteiger partial charge in [-0.25, -0.2) is 0 Å². The van der Waals surface area contributed by atoms with Crippen LogP contribution in [0.1, 0.15) is 35.3 Å². The third-order valence-corrected chi connectivity index (χ3v) is 4.90. The van der Waals surface area contributed by atoms with Gasteiger partial charge in [0.1, 0.15) is 4.34 Å². The zero-order valence-corrected chi connectivity index (χ0v) is 11.8. The number of aliphatic hydroxyl groups is 1. The molecule has 2 heterocycles. The predicted molar refractivity (Wildman–Crippen MR) is 74.6 cm³/mol. The van der Waals surface area contributed by atoms with Crippen molar-refractivity contribution < 1.29 is 5.11 Å². The summed E-state index contributed by atoms with van der Waals surface area (Å²) in [7, 11) is 0. The highest BCUT2D eigenvalue weighted by molar-refractivity contribution is 7.20. The molecule has 0 bridgehead atoms. The van der Waals surface area contributed by atoms with E-state index in [1.54, 1.807) is 12.3 Å². The first-order valence-corrected chi connectivity index (χ1v) is 7.30. The van der Waals surface area contributed by atoms with Crippen molar-refractivity contribution in [1.82, 2.24) is 4.98 Å². The third-order valence-electron chi connectivity index (χ3n) is 3.38. The fourth-order valence-electron chi connectivity index (χ4n) is 2.52. The van der Waals surface area contributed by atoms with E-state index in [9.17, 15) is 5.11 Å². The molecule has 2 nitrogen and oxygen atoms in total. The van der Waals surface area contributed by atoms with Gasteiger partial charge in [-0.3, -0.25) is 4.98 Å². The Morgan fingerprint density at radius 3 is 3.00 bits per heavy atom. The molecule has 2 atom stereocenters. The molecule has 1 aliphatic carbocycles. The number of hydrogen-bond donors (Lipinski definition) is 1. The monoisotopic (exact) mass is 299 g/mol. The number of nitrogens with zero attached hydrogens (tertiary/aromatic N) is 1. The highest BCUT2D eigenvalue weighted by Crippen LogP contribution is 2.44. The molecule has 1 aliphatic rings. The summed E-state index contributed by atoms with van der Waals surface area (Å²) in [5, 5.41) is 10.5. The second-order valence-electron chi connectivity index (χ2n) is 4.42. The molecule has 0 radical (unpaired) electrons. The fraction of sp³-hybridized carbons (Fsp3) is 0.308. The maximum absolute atomic E-state index is 10.5. The molecule has 3 rings (SSSR count). The lowest BCUT2D eigenvalue weighted by molar-refractivity contribution is 0.144. The van der Waals surface area contributed by atoms with E-state index in [1.807, 2.05) is 6.07 Å². The summed E-state index contributed by atoms with van der Waals surface area (Å²) in [6.45, 7) is 0. The summed E-state index contributed by atoms with van der Waals surface area (Å²) < 4.78 is 1.17. The first kappa shape index (κ1) is 12.4. The van der Waals surface area contributed by atoms with Crippen LogP contribution in [0.4, 0.5) is 0 Å². The summed E-state index contributed by atoms with van der Waals surface area (Å²) in [6, 6.07) is 5.75. The molecule has 0 spiro atoms. The first-order valence-electron chi connectivity index (χ1n) is 5.73. The van der Waals surface area contributed by atoms with E-state index in [-0.39, 0.29) is 5.92 Å². The van der Waals surface area contributed by atoms with Gasteiger partial charge in [-0.15, -0.1) is 11.3 Å². The Morgan fingerprint density at radius 1 is 1.44 bits per heavy atom. The molecular formula is C13H11Cl2NOS. The van der Waals surface area contributed by atoms with Gasteiger partial charge in [0.05, 0.1) is 10.4 Å². The number of aliphatic hydroxyl groups excluding tert-OH is 1. The summed E-state index contributed by atoms with van der Waals surface area (Å²) in [4.78, 5) is 4.39. The molecule has 0 saturated carbocycles. The van der Waals surface area contributed by atoms with Crippen LogP contribution in [0.15, 0.2) is 24.4 Å². The summed E-state index contributed by atoms with van der Waals surface area (Å²) in [6.07, 6.45) is 3.00. The average Bonchev–Trinajstić information content (AvgIpc) is 2.92. The van der Waals surface area contributed by atoms with Crippen molar-refractivity contribution in [1.29, 1.82) is 0 Å². The molecule has 0 aliphatic heterocycles. The number of aromatic nitrogens is 1. The molecule has 94 valence electrons. The van der Waals surface area contributed by atoms with Gasteiger partial charge in [-0.05, 0) is 30.5 Å². The van der Waals surface area contributed by atoms with Crippen molar-refractivity contribution in [3.63, 3.8) is 0 Å². The molecule has 0 aromatic carbocycles. The summed E-state index contributed by atoms with van der Waals surface area (Å²) in [5.41, 5.74) is 2.93. The molecule has 2 aromatic rings. The molecule has 2 unspecified atom stereocenters. The van der Waals surface area contributed by atoms with Crippen LogP contribution in [0.2, 0.25) is 8.67 Å². The molecule has 18 heavy (non-hydrogen) atoms. The standard InChI is InChI=1S/C13H11Cl2NOS/c14-10-6-9(13(15)18-10)12(17)8-4-3-7-2-1-5-16-11(7)8/h1-2,5-6,8,12,17H,3-4H2. The first-order chi connectivity index (χ1) is 8.66. The van der Waals surface area contributed by atoms with Crippen molar-refractivity contribution in [3.05, 3.63) is 49.9 Å². The van der Waals surface area contributed by atoms with Crippen molar-refractivity contribution >= 4 is 34.5 Å². The number of hydrogen-bond acceptors (Lipinski definition) is 3. The number of pyridine rings is 1. The van der Waals surface area contributed by atoms with Gasteiger partial charge in [0.2, 0.25) is 0 Å². The predicted octanol–water partition coefficient (Wildman–Crippen LogP) is 4.21. The zero-order valence-electron chi connectivity index (χ0n) is 9.44. The SMILES string of the molecule is OC(c1cc(Cl)sc1Cl)C1CCc2cccnc21. The number of fused-ring (bicyclic) bond motifs is 1. The van der Waals surface area contributed by atoms with Crippen LogP contribution < -0.4 is 0 Å². The van der Waals surface area contributed by atoms with Crippen LogP contribution in [0.5, 0.6) is 0 Å². The molecule has 0 amide bonds. The molecule has 5 heteroatoms. The molecule has 0 saturated heterocycles. The van der Waals surface area contributed by atoms with Crippen molar-refractivity contribution in [2.24, 2.45) is 0 Å². The van der Waals surface area contributed by atoms with Crippen molar-refractivity contribution in [2.45, 2.75) is 24.9 Å². The largest absolute Gasteiger partial charge is 0.388 e. The normalized spacial score (nSPS) is 19.8. The Balaban J connectivity index is 1.95. The minimum Gasteiger partial charge on any atom is -0.388 e. The highest BCUT2D eigenvalue weighted by Gasteiger charge is 2.32. The van der Waals surface area contributed by atoms with Gasteiger partial charge in [0.15, 0.2) is 0 Å². The smallest absolute Gasteiger partial charge is 0.100 e. The van der Waals surface area contributed by atoms with Crippen LogP contribution in [0.25, 0.3) is 0 Å². The maximum atomic E-state index is 10.5. The summed E-state index contributed by atoms with van der Waals surface area (Å²) >= 11 is 13.3. The van der Waals surface area contributed by atoms with E-state index in [0.717, 1.165) is 24.1 Å². The van der Waals surface area contributed by atoms with E-state index in [1.165, 1.54) is 16.9 Å². The fourth-order valence-corrected chi connectivity index (χ4v) is 4.06. The molecule has 2 aromatic heterocycles. The minimum absolute atomic E-state index is 0.0179. The van der Waals surface area contributed by atoms with E-state index in [0.29, 0.717) is 8.67 Å². The van der Waals surface area contributed by atoms with Crippen LogP contribution in [0.3, 0.4) is 0 Å². The lowest BCUT2D eigenvalue weighted by Crippen LogP contribution is -2.09. The van der Waals surface area contributed by atoms with E-state index in [4.69, 9.17) is 23.2 Å². The Hall–Kier alpha value is -0.610. The van der Waals surface area contributed by atoms with Gasteiger partial charge in [-0.2, -0.15) is 0 Å². The number of thiophene rings is 1. The van der Waals surface area contributed by atoms with E-state index in [2.05, 4.69) is 11.1 Å². The van der Waals surface area contributed by atoms with Gasteiger partial charge in [-0.1, -0.05) is 29.3 Å². The molecule has 0 fully saturated rings. The van der Waals surface area contributed by atoms with Crippen molar-refractivity contribution in [2.75, 3.05) is 0 Å². The van der Waals surface area contributed by atoms with Gasteiger partial charge in [0, 0.05) is 23.4 Å². The quantitative estimate of drug-likeness (QED) is 0.901. The maximum Gasteiger partial charge on any atom is 0.100 e. The molecule has 1 N–H and O–H groups in total. The van der Waals surface area contributed by atoms with Crippen molar-refractivity contribution in [3.8, 4) is 0 Å². The second-order valence-corrected chi connectivity index (χ2v) is 6.70. The Morgan fingerprint density at radius 2 is 2.28 bits per heavy atom. The number of halogens is 2. The van der Waals surface area contributed by atoms with E-state index >= 15 is 0 Å². The summed E-state index contributed by atoms with van der Waals surface area (Å²) in [5.74, 6) is 0.0179. The topological polar surface area (TPSA) is 33.1 Å². The Labute approximate surface area is 119 Å². The lowest BCUT2D eigenvalue weighted by atomic mass is 9.95. The Bertz CT molecular complexity index is 584. The highest BCUT2D eigenvalue weighted by atomic mass is 35.5. The van der Waals surface area contributed by atoms with Gasteiger partial charge < -0.3 is 5.11 Å². The van der Waals surface area contributed by atoms with Crippen LogP contribution in [0, 0.1) is 0 Å². The average molecular weight is 300 g/mol. The molecular weight excluding hydrogens is 289 g/mol. The number of aryl methyl sites for hydroxylation is 1. The van der Waals surface area contributed by atoms with Crippen LogP contribution in [-0.2, 0) is 6.42 Å². The zero-order chi connectivity index (χ0) is 12.7.